The Morgan fingerprint density at radius 1 is 1.41 bits per heavy atom. The van der Waals surface area contributed by atoms with Crippen LogP contribution in [0, 0.1) is 13.8 Å². The predicted octanol–water partition coefficient (Wildman–Crippen LogP) is -0.406. The van der Waals surface area contributed by atoms with Crippen molar-refractivity contribution in [1.82, 2.24) is 30.0 Å². The van der Waals surface area contributed by atoms with E-state index >= 15 is 0 Å². The second kappa shape index (κ2) is 6.33. The van der Waals surface area contributed by atoms with Crippen LogP contribution in [0.1, 0.15) is 18.3 Å². The number of anilines is 1. The maximum absolute atomic E-state index is 12.1. The van der Waals surface area contributed by atoms with E-state index < -0.39 is 18.0 Å². The highest BCUT2D eigenvalue weighted by molar-refractivity contribution is 5.96. The topological polar surface area (TPSA) is 117 Å². The van der Waals surface area contributed by atoms with E-state index in [4.69, 9.17) is 4.74 Å². The van der Waals surface area contributed by atoms with Gasteiger partial charge in [0.1, 0.15) is 12.9 Å². The molecule has 2 aromatic rings. The zero-order chi connectivity index (χ0) is 16.3. The predicted molar refractivity (Wildman–Crippen MR) is 74.7 cm³/mol. The molecule has 2 rings (SSSR count). The van der Waals surface area contributed by atoms with Crippen LogP contribution < -0.4 is 5.32 Å². The van der Waals surface area contributed by atoms with Gasteiger partial charge in [-0.3, -0.25) is 14.3 Å². The van der Waals surface area contributed by atoms with Crippen LogP contribution in [0.2, 0.25) is 0 Å². The minimum absolute atomic E-state index is 0.157. The molecular formula is C12H17N7O3. The average molecular weight is 307 g/mol. The molecule has 0 bridgehead atoms. The van der Waals surface area contributed by atoms with Crippen LogP contribution in [0.3, 0.4) is 0 Å². The van der Waals surface area contributed by atoms with Gasteiger partial charge in [0.25, 0.3) is 5.91 Å². The van der Waals surface area contributed by atoms with E-state index in [1.54, 1.807) is 18.7 Å². The Morgan fingerprint density at radius 3 is 2.68 bits per heavy atom. The van der Waals surface area contributed by atoms with Gasteiger partial charge in [-0.2, -0.15) is 5.10 Å². The SMILES string of the molecule is Cc1nn(C)c(C)c1NC(=O)[C@@H](C)OC(=O)Cn1cnnn1. The van der Waals surface area contributed by atoms with Gasteiger partial charge in [-0.1, -0.05) is 0 Å². The molecule has 0 aromatic carbocycles. The first-order chi connectivity index (χ1) is 10.4. The molecule has 0 fully saturated rings. The number of hydrogen-bond acceptors (Lipinski definition) is 7. The number of esters is 1. The van der Waals surface area contributed by atoms with Crippen molar-refractivity contribution < 1.29 is 14.3 Å². The molecule has 0 saturated heterocycles. The summed E-state index contributed by atoms with van der Waals surface area (Å²) in [6.45, 7) is 4.96. The number of carbonyl (C=O) groups excluding carboxylic acids is 2. The number of aromatic nitrogens is 6. The number of amides is 1. The lowest BCUT2D eigenvalue weighted by molar-refractivity contribution is -0.153. The molecular weight excluding hydrogens is 290 g/mol. The lowest BCUT2D eigenvalue weighted by atomic mass is 10.3. The highest BCUT2D eigenvalue weighted by Crippen LogP contribution is 2.18. The summed E-state index contributed by atoms with van der Waals surface area (Å²) in [4.78, 5) is 23.8. The summed E-state index contributed by atoms with van der Waals surface area (Å²) in [6.07, 6.45) is 0.344. The Bertz CT molecular complexity index is 677. The fourth-order valence-corrected chi connectivity index (χ4v) is 1.85. The number of rotatable bonds is 5. The Morgan fingerprint density at radius 2 is 2.14 bits per heavy atom. The quantitative estimate of drug-likeness (QED) is 0.746. The second-order valence-corrected chi connectivity index (χ2v) is 4.80. The Hall–Kier alpha value is -2.78. The van der Waals surface area contributed by atoms with E-state index in [1.807, 2.05) is 6.92 Å². The van der Waals surface area contributed by atoms with Crippen LogP contribution in [0.4, 0.5) is 5.69 Å². The van der Waals surface area contributed by atoms with Crippen molar-refractivity contribution in [3.8, 4) is 0 Å². The van der Waals surface area contributed by atoms with Crippen LogP contribution >= 0.6 is 0 Å². The van der Waals surface area contributed by atoms with E-state index in [2.05, 4.69) is 25.9 Å². The maximum atomic E-state index is 12.1. The van der Waals surface area contributed by atoms with Crippen LogP contribution in [0.15, 0.2) is 6.33 Å². The largest absolute Gasteiger partial charge is 0.451 e. The monoisotopic (exact) mass is 307 g/mol. The first-order valence-electron chi connectivity index (χ1n) is 6.59. The third-order valence-corrected chi connectivity index (χ3v) is 3.12. The molecule has 10 nitrogen and oxygen atoms in total. The maximum Gasteiger partial charge on any atom is 0.328 e. The number of hydrogen-bond donors (Lipinski definition) is 1. The molecule has 0 aliphatic carbocycles. The molecule has 0 aliphatic rings. The summed E-state index contributed by atoms with van der Waals surface area (Å²) >= 11 is 0. The summed E-state index contributed by atoms with van der Waals surface area (Å²) < 4.78 is 7.93. The van der Waals surface area contributed by atoms with Crippen molar-refractivity contribution in [3.63, 3.8) is 0 Å². The third-order valence-electron chi connectivity index (χ3n) is 3.12. The Labute approximate surface area is 126 Å². The van der Waals surface area contributed by atoms with E-state index in [-0.39, 0.29) is 6.54 Å². The molecule has 118 valence electrons. The zero-order valence-electron chi connectivity index (χ0n) is 12.8. The minimum Gasteiger partial charge on any atom is -0.451 e. The van der Waals surface area contributed by atoms with Gasteiger partial charge in [-0.25, -0.2) is 4.68 Å². The highest BCUT2D eigenvalue weighted by atomic mass is 16.5. The van der Waals surface area contributed by atoms with Crippen molar-refractivity contribution >= 4 is 17.6 Å². The molecule has 0 spiro atoms. The van der Waals surface area contributed by atoms with Crippen molar-refractivity contribution in [2.24, 2.45) is 7.05 Å². The first-order valence-corrected chi connectivity index (χ1v) is 6.59. The molecule has 0 saturated carbocycles. The summed E-state index contributed by atoms with van der Waals surface area (Å²) in [5.74, 6) is -1.03. The smallest absolute Gasteiger partial charge is 0.328 e. The number of tetrazole rings is 1. The Kier molecular flexibility index (Phi) is 4.49. The molecule has 0 aliphatic heterocycles. The normalized spacial score (nSPS) is 12.0. The number of carbonyl (C=O) groups is 2. The van der Waals surface area contributed by atoms with Gasteiger partial charge in [0.15, 0.2) is 6.10 Å². The van der Waals surface area contributed by atoms with E-state index in [9.17, 15) is 9.59 Å². The summed E-state index contributed by atoms with van der Waals surface area (Å²) in [7, 11) is 1.79. The van der Waals surface area contributed by atoms with Gasteiger partial charge in [0.05, 0.1) is 17.1 Å². The number of ether oxygens (including phenoxy) is 1. The van der Waals surface area contributed by atoms with Gasteiger partial charge >= 0.3 is 5.97 Å². The van der Waals surface area contributed by atoms with Crippen LogP contribution in [-0.2, 0) is 27.9 Å². The number of aryl methyl sites for hydroxylation is 2. The van der Waals surface area contributed by atoms with Gasteiger partial charge in [-0.05, 0) is 31.2 Å². The highest BCUT2D eigenvalue weighted by Gasteiger charge is 2.21. The first kappa shape index (κ1) is 15.6. The number of nitrogens with one attached hydrogen (secondary N) is 1. The molecule has 10 heteroatoms. The van der Waals surface area contributed by atoms with Gasteiger partial charge < -0.3 is 10.1 Å². The molecule has 1 amide bonds. The van der Waals surface area contributed by atoms with Crippen molar-refractivity contribution in [3.05, 3.63) is 17.7 Å². The standard InChI is InChI=1S/C12H17N7O3/c1-7-11(8(2)18(4)15-7)14-12(21)9(3)22-10(20)5-19-6-13-16-17-19/h6,9H,5H2,1-4H3,(H,14,21)/t9-/m1/s1. The fourth-order valence-electron chi connectivity index (χ4n) is 1.85. The van der Waals surface area contributed by atoms with Gasteiger partial charge in [0.2, 0.25) is 0 Å². The molecule has 1 N–H and O–H groups in total. The number of nitrogens with zero attached hydrogens (tertiary/aromatic N) is 6. The molecule has 1 atom stereocenters. The van der Waals surface area contributed by atoms with Gasteiger partial charge in [-0.15, -0.1) is 5.10 Å². The lowest BCUT2D eigenvalue weighted by Gasteiger charge is -2.13. The summed E-state index contributed by atoms with van der Waals surface area (Å²) in [5.41, 5.74) is 2.13. The van der Waals surface area contributed by atoms with Crippen LogP contribution in [-0.4, -0.2) is 48.0 Å². The second-order valence-electron chi connectivity index (χ2n) is 4.80. The Balaban J connectivity index is 1.93. The van der Waals surface area contributed by atoms with E-state index in [1.165, 1.54) is 17.9 Å². The fraction of sp³-hybridized carbons (Fsp3) is 0.500. The molecule has 0 radical (unpaired) electrons. The minimum atomic E-state index is -0.942. The molecule has 2 heterocycles. The molecule has 0 unspecified atom stereocenters. The summed E-state index contributed by atoms with van der Waals surface area (Å²) in [5, 5.41) is 17.3. The van der Waals surface area contributed by atoms with E-state index in [0.717, 1.165) is 5.69 Å². The van der Waals surface area contributed by atoms with Crippen molar-refractivity contribution in [2.75, 3.05) is 5.32 Å². The van der Waals surface area contributed by atoms with Crippen LogP contribution in [0.25, 0.3) is 0 Å². The third kappa shape index (κ3) is 3.45. The lowest BCUT2D eigenvalue weighted by Crippen LogP contribution is -2.31. The van der Waals surface area contributed by atoms with Crippen molar-refractivity contribution in [1.29, 1.82) is 0 Å². The zero-order valence-corrected chi connectivity index (χ0v) is 12.8. The summed E-state index contributed by atoms with van der Waals surface area (Å²) in [6, 6.07) is 0. The molecule has 22 heavy (non-hydrogen) atoms. The van der Waals surface area contributed by atoms with Crippen LogP contribution in [0.5, 0.6) is 0 Å². The van der Waals surface area contributed by atoms with Crippen molar-refractivity contribution in [2.45, 2.75) is 33.4 Å². The van der Waals surface area contributed by atoms with E-state index in [0.29, 0.717) is 11.4 Å². The molecule has 2 aromatic heterocycles. The van der Waals surface area contributed by atoms with Gasteiger partial charge in [0, 0.05) is 7.05 Å². The average Bonchev–Trinajstić information content (AvgIpc) is 3.02.